The third-order valence-electron chi connectivity index (χ3n) is 4.92. The van der Waals surface area contributed by atoms with Crippen LogP contribution in [0.15, 0.2) is 53.4 Å². The number of hydrogen-bond acceptors (Lipinski definition) is 6. The number of imidazole rings is 1. The van der Waals surface area contributed by atoms with Crippen LogP contribution in [0.4, 0.5) is 11.4 Å². The summed E-state index contributed by atoms with van der Waals surface area (Å²) in [6.07, 6.45) is 0. The molecule has 1 aliphatic heterocycles. The third-order valence-corrected chi connectivity index (χ3v) is 5.51. The highest BCUT2D eigenvalue weighted by Crippen LogP contribution is 2.28. The normalized spacial score (nSPS) is 14.3. The van der Waals surface area contributed by atoms with Gasteiger partial charge in [-0.2, -0.15) is 0 Å². The molecular formula is C21H19N5O2S. The fourth-order valence-corrected chi connectivity index (χ4v) is 3.98. The zero-order valence-electron chi connectivity index (χ0n) is 15.6. The summed E-state index contributed by atoms with van der Waals surface area (Å²) in [4.78, 5) is 26.9. The minimum Gasteiger partial charge on any atom is -0.378 e. The number of ether oxygens (including phenoxy) is 1. The van der Waals surface area contributed by atoms with Gasteiger partial charge in [0.1, 0.15) is 17.0 Å². The molecule has 3 heterocycles. The van der Waals surface area contributed by atoms with E-state index >= 15 is 0 Å². The average molecular weight is 405 g/mol. The maximum Gasteiger partial charge on any atom is 0.275 e. The molecule has 5 rings (SSSR count). The van der Waals surface area contributed by atoms with Gasteiger partial charge in [0.25, 0.3) is 5.91 Å². The molecule has 0 radical (unpaired) electrons. The van der Waals surface area contributed by atoms with E-state index in [0.29, 0.717) is 11.4 Å². The van der Waals surface area contributed by atoms with Crippen LogP contribution in [0, 0.1) is 0 Å². The van der Waals surface area contributed by atoms with Crippen LogP contribution >= 0.6 is 11.3 Å². The quantitative estimate of drug-likeness (QED) is 0.540. The number of fused-ring (bicyclic) bond motifs is 1. The van der Waals surface area contributed by atoms with E-state index in [1.165, 1.54) is 11.3 Å². The van der Waals surface area contributed by atoms with Gasteiger partial charge >= 0.3 is 0 Å². The molecule has 1 aliphatic rings. The topological polar surface area (TPSA) is 83.1 Å². The average Bonchev–Trinajstić information content (AvgIpc) is 3.45. The van der Waals surface area contributed by atoms with Gasteiger partial charge in [0.2, 0.25) is 0 Å². The fraction of sp³-hybridized carbons (Fsp3) is 0.190. The predicted octanol–water partition coefficient (Wildman–Crippen LogP) is 3.78. The maximum absolute atomic E-state index is 12.4. The summed E-state index contributed by atoms with van der Waals surface area (Å²) in [6.45, 7) is 3.26. The smallest absolute Gasteiger partial charge is 0.275 e. The van der Waals surface area contributed by atoms with Crippen LogP contribution in [0.1, 0.15) is 10.5 Å². The Hall–Kier alpha value is -3.23. The van der Waals surface area contributed by atoms with Crippen LogP contribution < -0.4 is 10.2 Å². The van der Waals surface area contributed by atoms with Gasteiger partial charge in [-0.3, -0.25) is 4.79 Å². The molecule has 1 saturated heterocycles. The minimum absolute atomic E-state index is 0.238. The Bertz CT molecular complexity index is 1150. The molecule has 8 heteroatoms. The SMILES string of the molecule is O=C(Nc1cccc2[nH]c(-c3cccc(N4CCOCC4)c3)nc12)c1cscn1. The van der Waals surface area contributed by atoms with Crippen molar-refractivity contribution in [3.8, 4) is 11.4 Å². The Morgan fingerprint density at radius 1 is 1.17 bits per heavy atom. The van der Waals surface area contributed by atoms with E-state index in [-0.39, 0.29) is 5.91 Å². The number of benzene rings is 2. The standard InChI is InChI=1S/C21H19N5O2S/c27-21(18-12-29-13-22-18)24-17-6-2-5-16-19(17)25-20(23-16)14-3-1-4-15(11-14)26-7-9-28-10-8-26/h1-6,11-13H,7-10H2,(H,23,25)(H,24,27). The van der Waals surface area contributed by atoms with E-state index in [0.717, 1.165) is 54.4 Å². The first-order chi connectivity index (χ1) is 14.3. The molecule has 0 spiro atoms. The molecule has 1 fully saturated rings. The minimum atomic E-state index is -0.238. The molecule has 0 aliphatic carbocycles. The molecule has 2 aromatic heterocycles. The summed E-state index contributed by atoms with van der Waals surface area (Å²) >= 11 is 1.39. The Morgan fingerprint density at radius 3 is 2.86 bits per heavy atom. The molecule has 146 valence electrons. The summed E-state index contributed by atoms with van der Waals surface area (Å²) < 4.78 is 5.45. The van der Waals surface area contributed by atoms with Crippen molar-refractivity contribution in [1.82, 2.24) is 15.0 Å². The Labute approximate surface area is 171 Å². The summed E-state index contributed by atoms with van der Waals surface area (Å²) in [5, 5.41) is 4.64. The fourth-order valence-electron chi connectivity index (χ4n) is 3.45. The molecule has 4 aromatic rings. The number of hydrogen-bond donors (Lipinski definition) is 2. The van der Waals surface area contributed by atoms with Crippen molar-refractivity contribution in [2.24, 2.45) is 0 Å². The van der Waals surface area contributed by atoms with E-state index in [1.807, 2.05) is 30.3 Å². The molecule has 1 amide bonds. The lowest BCUT2D eigenvalue weighted by Gasteiger charge is -2.29. The number of carbonyl (C=O) groups is 1. The second-order valence-electron chi connectivity index (χ2n) is 6.76. The van der Waals surface area contributed by atoms with Gasteiger partial charge in [-0.25, -0.2) is 9.97 Å². The summed E-state index contributed by atoms with van der Waals surface area (Å²) in [7, 11) is 0. The monoisotopic (exact) mass is 405 g/mol. The van der Waals surface area contributed by atoms with Crippen molar-refractivity contribution in [3.63, 3.8) is 0 Å². The first-order valence-corrected chi connectivity index (χ1v) is 10.3. The number of nitrogens with one attached hydrogen (secondary N) is 2. The lowest BCUT2D eigenvalue weighted by atomic mass is 10.1. The number of para-hydroxylation sites is 1. The van der Waals surface area contributed by atoms with Gasteiger partial charge in [-0.1, -0.05) is 18.2 Å². The largest absolute Gasteiger partial charge is 0.378 e. The molecule has 2 aromatic carbocycles. The van der Waals surface area contributed by atoms with Crippen LogP contribution in [-0.2, 0) is 4.74 Å². The van der Waals surface area contributed by atoms with Crippen molar-refractivity contribution in [2.45, 2.75) is 0 Å². The second-order valence-corrected chi connectivity index (χ2v) is 7.48. The van der Waals surface area contributed by atoms with E-state index in [2.05, 4.69) is 32.3 Å². The van der Waals surface area contributed by atoms with Crippen LogP contribution in [0.3, 0.4) is 0 Å². The molecule has 0 saturated carbocycles. The number of aromatic amines is 1. The van der Waals surface area contributed by atoms with Crippen molar-refractivity contribution in [2.75, 3.05) is 36.5 Å². The van der Waals surface area contributed by atoms with Crippen LogP contribution in [-0.4, -0.2) is 47.2 Å². The van der Waals surface area contributed by atoms with Gasteiger partial charge in [0, 0.05) is 29.7 Å². The molecule has 0 atom stereocenters. The number of thiazole rings is 1. The molecule has 29 heavy (non-hydrogen) atoms. The Balaban J connectivity index is 1.47. The van der Waals surface area contributed by atoms with Gasteiger partial charge < -0.3 is 19.9 Å². The Morgan fingerprint density at radius 2 is 2.03 bits per heavy atom. The van der Waals surface area contributed by atoms with Gasteiger partial charge in [0.05, 0.1) is 29.9 Å². The number of amides is 1. The van der Waals surface area contributed by atoms with Crippen molar-refractivity contribution < 1.29 is 9.53 Å². The van der Waals surface area contributed by atoms with Crippen molar-refractivity contribution >= 4 is 39.7 Å². The second kappa shape index (κ2) is 7.65. The molecule has 7 nitrogen and oxygen atoms in total. The van der Waals surface area contributed by atoms with E-state index in [1.54, 1.807) is 10.9 Å². The van der Waals surface area contributed by atoms with Gasteiger partial charge in [0.15, 0.2) is 0 Å². The first-order valence-electron chi connectivity index (χ1n) is 9.39. The number of carbonyl (C=O) groups excluding carboxylic acids is 1. The highest BCUT2D eigenvalue weighted by Gasteiger charge is 2.15. The first kappa shape index (κ1) is 17.8. The number of anilines is 2. The highest BCUT2D eigenvalue weighted by molar-refractivity contribution is 7.07. The zero-order chi connectivity index (χ0) is 19.6. The number of nitrogens with zero attached hydrogens (tertiary/aromatic N) is 3. The summed E-state index contributed by atoms with van der Waals surface area (Å²) in [5.41, 5.74) is 6.46. The lowest BCUT2D eigenvalue weighted by Crippen LogP contribution is -2.36. The van der Waals surface area contributed by atoms with Crippen molar-refractivity contribution in [1.29, 1.82) is 0 Å². The Kier molecular flexibility index (Phi) is 4.71. The van der Waals surface area contributed by atoms with E-state index < -0.39 is 0 Å². The van der Waals surface area contributed by atoms with Gasteiger partial charge in [-0.05, 0) is 24.3 Å². The predicted molar refractivity (Wildman–Crippen MR) is 115 cm³/mol. The number of morpholine rings is 1. The summed E-state index contributed by atoms with van der Waals surface area (Å²) in [6, 6.07) is 14.0. The zero-order valence-corrected chi connectivity index (χ0v) is 16.4. The van der Waals surface area contributed by atoms with E-state index in [9.17, 15) is 4.79 Å². The van der Waals surface area contributed by atoms with Crippen LogP contribution in [0.25, 0.3) is 22.4 Å². The number of rotatable bonds is 4. The van der Waals surface area contributed by atoms with Gasteiger partial charge in [-0.15, -0.1) is 11.3 Å². The van der Waals surface area contributed by atoms with Crippen LogP contribution in [0.5, 0.6) is 0 Å². The highest BCUT2D eigenvalue weighted by atomic mass is 32.1. The number of H-pyrrole nitrogens is 1. The number of aromatic nitrogens is 3. The maximum atomic E-state index is 12.4. The van der Waals surface area contributed by atoms with Crippen LogP contribution in [0.2, 0.25) is 0 Å². The molecule has 0 unspecified atom stereocenters. The molecular weight excluding hydrogens is 386 g/mol. The third kappa shape index (κ3) is 3.59. The lowest BCUT2D eigenvalue weighted by molar-refractivity contribution is 0.102. The molecule has 0 bridgehead atoms. The molecule has 2 N–H and O–H groups in total. The van der Waals surface area contributed by atoms with Crippen molar-refractivity contribution in [3.05, 3.63) is 59.0 Å². The van der Waals surface area contributed by atoms with E-state index in [4.69, 9.17) is 9.72 Å². The summed E-state index contributed by atoms with van der Waals surface area (Å²) in [5.74, 6) is 0.531.